The molecule has 0 amide bonds. The summed E-state index contributed by atoms with van der Waals surface area (Å²) in [6.07, 6.45) is 1.70. The van der Waals surface area contributed by atoms with Crippen LogP contribution in [-0.2, 0) is 15.5 Å². The van der Waals surface area contributed by atoms with E-state index in [-0.39, 0.29) is 11.8 Å². The van der Waals surface area contributed by atoms with Gasteiger partial charge in [-0.1, -0.05) is 67.6 Å². The Morgan fingerprint density at radius 1 is 1.12 bits per heavy atom. The van der Waals surface area contributed by atoms with Crippen LogP contribution in [0.1, 0.15) is 37.1 Å². The van der Waals surface area contributed by atoms with Gasteiger partial charge in [-0.2, -0.15) is 0 Å². The van der Waals surface area contributed by atoms with Gasteiger partial charge in [0.05, 0.1) is 11.8 Å². The highest BCUT2D eigenvalue weighted by Gasteiger charge is 2.44. The Labute approximate surface area is 145 Å². The van der Waals surface area contributed by atoms with Crippen LogP contribution in [0, 0.1) is 0 Å². The molecule has 3 rings (SSSR count). The summed E-state index contributed by atoms with van der Waals surface area (Å²) in [5.41, 5.74) is 2.15. The van der Waals surface area contributed by atoms with E-state index < -0.39 is 7.52 Å². The maximum Gasteiger partial charge on any atom is 0.280 e. The van der Waals surface area contributed by atoms with Gasteiger partial charge < -0.3 is 4.52 Å². The lowest BCUT2D eigenvalue weighted by molar-refractivity contribution is 0.137. The Morgan fingerprint density at radius 2 is 1.75 bits per heavy atom. The third-order valence-corrected chi connectivity index (χ3v) is 7.94. The fraction of sp³-hybridized carbons (Fsp3) is 0.400. The zero-order valence-corrected chi connectivity index (χ0v) is 15.4. The molecule has 0 N–H and O–H groups in total. The molecule has 0 spiro atoms. The molecule has 24 heavy (non-hydrogen) atoms. The third kappa shape index (κ3) is 3.64. The Kier molecular flexibility index (Phi) is 5.55. The Morgan fingerprint density at radius 3 is 2.38 bits per heavy atom. The van der Waals surface area contributed by atoms with E-state index in [9.17, 15) is 4.57 Å². The third-order valence-electron chi connectivity index (χ3n) is 4.73. The summed E-state index contributed by atoms with van der Waals surface area (Å²) >= 11 is 0. The van der Waals surface area contributed by atoms with E-state index in [0.29, 0.717) is 0 Å². The van der Waals surface area contributed by atoms with Gasteiger partial charge in [0.2, 0.25) is 0 Å². The molecule has 0 radical (unpaired) electrons. The zero-order chi connectivity index (χ0) is 17.0. The molecule has 0 unspecified atom stereocenters. The van der Waals surface area contributed by atoms with Gasteiger partial charge in [-0.05, 0) is 30.9 Å². The van der Waals surface area contributed by atoms with Crippen molar-refractivity contribution in [2.75, 3.05) is 13.1 Å². The molecule has 2 aromatic carbocycles. The number of hydrogen-bond acceptors (Lipinski definition) is 2. The molecule has 0 bridgehead atoms. The fourth-order valence-corrected chi connectivity index (χ4v) is 6.48. The molecule has 1 heterocycles. The number of rotatable bonds is 5. The molecule has 3 nitrogen and oxygen atoms in total. The van der Waals surface area contributed by atoms with Gasteiger partial charge in [-0.15, -0.1) is 0 Å². The fourth-order valence-electron chi connectivity index (χ4n) is 3.41. The first-order valence-electron chi connectivity index (χ1n) is 8.76. The molecule has 3 atom stereocenters. The minimum atomic E-state index is -2.94. The standard InChI is InChI=1S/C20H26NO2P/c1-3-21-15-14-17(2)23-24(21,22)20(19-12-8-5-9-13-19)16-18-10-6-4-7-11-18/h4-13,17,20H,3,14-16H2,1-2H3/t17-,20+,24+/m0/s1. The van der Waals surface area contributed by atoms with Crippen molar-refractivity contribution in [3.8, 4) is 0 Å². The molecule has 0 aliphatic carbocycles. The van der Waals surface area contributed by atoms with Crippen molar-refractivity contribution in [1.29, 1.82) is 0 Å². The lowest BCUT2D eigenvalue weighted by Crippen LogP contribution is -2.34. The Balaban J connectivity index is 2.01. The van der Waals surface area contributed by atoms with Crippen molar-refractivity contribution < 1.29 is 9.09 Å². The van der Waals surface area contributed by atoms with E-state index in [0.717, 1.165) is 31.5 Å². The smallest absolute Gasteiger partial charge is 0.280 e. The van der Waals surface area contributed by atoms with Gasteiger partial charge in [-0.25, -0.2) is 4.67 Å². The second-order valence-electron chi connectivity index (χ2n) is 6.43. The van der Waals surface area contributed by atoms with E-state index in [4.69, 9.17) is 4.52 Å². The van der Waals surface area contributed by atoms with Crippen molar-refractivity contribution in [2.45, 2.75) is 38.5 Å². The van der Waals surface area contributed by atoms with Gasteiger partial charge in [0.25, 0.3) is 7.52 Å². The van der Waals surface area contributed by atoms with Gasteiger partial charge in [0.15, 0.2) is 0 Å². The molecule has 128 valence electrons. The quantitative estimate of drug-likeness (QED) is 0.691. The van der Waals surface area contributed by atoms with Crippen molar-refractivity contribution >= 4 is 7.52 Å². The highest BCUT2D eigenvalue weighted by molar-refractivity contribution is 7.57. The monoisotopic (exact) mass is 343 g/mol. The summed E-state index contributed by atoms with van der Waals surface area (Å²) in [5, 5.41) is 0. The van der Waals surface area contributed by atoms with Gasteiger partial charge in [0.1, 0.15) is 0 Å². The lowest BCUT2D eigenvalue weighted by Gasteiger charge is -2.41. The average molecular weight is 343 g/mol. The molecular formula is C20H26NO2P. The van der Waals surface area contributed by atoms with E-state index >= 15 is 0 Å². The maximum absolute atomic E-state index is 14.0. The molecule has 1 aliphatic rings. The predicted octanol–water partition coefficient (Wildman–Crippen LogP) is 5.29. The summed E-state index contributed by atoms with van der Waals surface area (Å²) in [4.78, 5) is 0. The van der Waals surface area contributed by atoms with Crippen LogP contribution in [0.15, 0.2) is 60.7 Å². The van der Waals surface area contributed by atoms with Crippen LogP contribution >= 0.6 is 7.52 Å². The van der Waals surface area contributed by atoms with Crippen LogP contribution in [0.5, 0.6) is 0 Å². The Hall–Kier alpha value is -1.41. The van der Waals surface area contributed by atoms with Crippen molar-refractivity contribution in [2.24, 2.45) is 0 Å². The van der Waals surface area contributed by atoms with E-state index in [1.807, 2.05) is 43.3 Å². The number of nitrogens with zero attached hydrogens (tertiary/aromatic N) is 1. The molecule has 0 aromatic heterocycles. The second kappa shape index (κ2) is 7.65. The molecule has 4 heteroatoms. The second-order valence-corrected chi connectivity index (χ2v) is 8.96. The van der Waals surface area contributed by atoms with Crippen molar-refractivity contribution in [3.63, 3.8) is 0 Å². The lowest BCUT2D eigenvalue weighted by atomic mass is 10.0. The summed E-state index contributed by atoms with van der Waals surface area (Å²) in [7, 11) is -2.94. The van der Waals surface area contributed by atoms with Crippen LogP contribution < -0.4 is 0 Å². The molecular weight excluding hydrogens is 317 g/mol. The summed E-state index contributed by atoms with van der Waals surface area (Å²) in [5.74, 6) is 0. The van der Waals surface area contributed by atoms with E-state index in [1.165, 1.54) is 5.56 Å². The van der Waals surface area contributed by atoms with E-state index in [2.05, 4.69) is 35.9 Å². The SMILES string of the molecule is CCN1CC[C@H](C)O[P@]1(=O)[C@H](Cc1ccccc1)c1ccccc1. The number of hydrogen-bond donors (Lipinski definition) is 0. The van der Waals surface area contributed by atoms with Crippen LogP contribution in [0.4, 0.5) is 0 Å². The topological polar surface area (TPSA) is 29.5 Å². The van der Waals surface area contributed by atoms with Crippen molar-refractivity contribution in [3.05, 3.63) is 71.8 Å². The molecule has 1 aliphatic heterocycles. The highest BCUT2D eigenvalue weighted by Crippen LogP contribution is 2.66. The largest absolute Gasteiger partial charge is 0.314 e. The minimum Gasteiger partial charge on any atom is -0.314 e. The van der Waals surface area contributed by atoms with Crippen LogP contribution in [0.2, 0.25) is 0 Å². The van der Waals surface area contributed by atoms with Gasteiger partial charge in [-0.3, -0.25) is 4.57 Å². The molecule has 1 saturated heterocycles. The first-order valence-corrected chi connectivity index (χ1v) is 10.4. The van der Waals surface area contributed by atoms with E-state index in [1.54, 1.807) is 0 Å². The maximum atomic E-state index is 14.0. The molecule has 0 saturated carbocycles. The van der Waals surface area contributed by atoms with Crippen LogP contribution in [-0.4, -0.2) is 23.9 Å². The minimum absolute atomic E-state index is 0.0422. The Bertz CT molecular complexity index is 689. The number of benzene rings is 2. The molecule has 1 fully saturated rings. The summed E-state index contributed by atoms with van der Waals surface area (Å²) in [6.45, 7) is 5.69. The van der Waals surface area contributed by atoms with Gasteiger partial charge >= 0.3 is 0 Å². The molecule has 2 aromatic rings. The highest BCUT2D eigenvalue weighted by atomic mass is 31.2. The van der Waals surface area contributed by atoms with Crippen molar-refractivity contribution in [1.82, 2.24) is 4.67 Å². The van der Waals surface area contributed by atoms with Gasteiger partial charge in [0, 0.05) is 13.1 Å². The zero-order valence-electron chi connectivity index (χ0n) is 14.5. The average Bonchev–Trinajstić information content (AvgIpc) is 2.61. The normalized spacial score (nSPS) is 26.2. The van der Waals surface area contributed by atoms with Crippen LogP contribution in [0.3, 0.4) is 0 Å². The first-order chi connectivity index (χ1) is 11.6. The summed E-state index contributed by atoms with van der Waals surface area (Å²) < 4.78 is 22.2. The predicted molar refractivity (Wildman–Crippen MR) is 99.3 cm³/mol. The first kappa shape index (κ1) is 17.4. The summed E-state index contributed by atoms with van der Waals surface area (Å²) in [6, 6.07) is 20.5. The van der Waals surface area contributed by atoms with Crippen LogP contribution in [0.25, 0.3) is 0 Å².